The molecule has 1 aliphatic heterocycles. The molecule has 148 valence electrons. The minimum Gasteiger partial charge on any atom is -0.335 e. The first-order valence-corrected chi connectivity index (χ1v) is 11.3. The van der Waals surface area contributed by atoms with Gasteiger partial charge in [0, 0.05) is 24.7 Å². The Hall–Kier alpha value is -1.84. The zero-order valence-corrected chi connectivity index (χ0v) is 16.5. The number of nitrogens with one attached hydrogen (secondary N) is 1. The van der Waals surface area contributed by atoms with Gasteiger partial charge in [0.2, 0.25) is 0 Å². The van der Waals surface area contributed by atoms with Gasteiger partial charge in [-0.05, 0) is 80.6 Å². The number of carbonyl (C=O) groups excluding carboxylic acids is 2. The molecule has 7 rings (SSSR count). The number of piperidine rings is 1. The number of fused-ring (bicyclic) bond motifs is 1. The van der Waals surface area contributed by atoms with Crippen molar-refractivity contribution in [1.82, 2.24) is 10.2 Å². The molecule has 1 N–H and O–H groups in total. The molecule has 4 heteroatoms. The average Bonchev–Trinajstić information content (AvgIpc) is 2.95. The molecule has 1 spiro atoms. The molecule has 1 saturated heterocycles. The van der Waals surface area contributed by atoms with E-state index in [2.05, 4.69) is 11.4 Å². The minimum absolute atomic E-state index is 0.0836. The molecular weight excluding hydrogens is 348 g/mol. The van der Waals surface area contributed by atoms with Crippen LogP contribution >= 0.6 is 0 Å². The highest BCUT2D eigenvalue weighted by atomic mass is 16.2. The van der Waals surface area contributed by atoms with E-state index in [1.54, 1.807) is 0 Å². The van der Waals surface area contributed by atoms with Crippen LogP contribution in [0.2, 0.25) is 0 Å². The molecule has 0 aromatic heterocycles. The third-order valence-corrected chi connectivity index (χ3v) is 8.65. The third kappa shape index (κ3) is 2.49. The topological polar surface area (TPSA) is 49.4 Å². The summed E-state index contributed by atoms with van der Waals surface area (Å²) in [5.41, 5.74) is 1.66. The van der Waals surface area contributed by atoms with E-state index in [1.165, 1.54) is 32.1 Å². The summed E-state index contributed by atoms with van der Waals surface area (Å²) >= 11 is 0. The molecule has 2 amide bonds. The Morgan fingerprint density at radius 1 is 1.04 bits per heavy atom. The normalized spacial score (nSPS) is 40.8. The Morgan fingerprint density at radius 3 is 2.46 bits per heavy atom. The molecule has 1 heterocycles. The second kappa shape index (κ2) is 6.08. The smallest absolute Gasteiger partial charge is 0.317 e. The van der Waals surface area contributed by atoms with Crippen molar-refractivity contribution < 1.29 is 9.59 Å². The van der Waals surface area contributed by atoms with E-state index >= 15 is 0 Å². The van der Waals surface area contributed by atoms with Gasteiger partial charge in [-0.15, -0.1) is 0 Å². The Balaban J connectivity index is 1.18. The van der Waals surface area contributed by atoms with E-state index in [0.717, 1.165) is 48.8 Å². The number of nitrogens with zero attached hydrogens (tertiary/aromatic N) is 1. The van der Waals surface area contributed by atoms with Crippen molar-refractivity contribution in [3.8, 4) is 0 Å². The van der Waals surface area contributed by atoms with Crippen molar-refractivity contribution in [2.75, 3.05) is 13.1 Å². The van der Waals surface area contributed by atoms with Crippen molar-refractivity contribution in [3.63, 3.8) is 0 Å². The Bertz CT molecular complexity index is 806. The van der Waals surface area contributed by atoms with Crippen LogP contribution in [-0.2, 0) is 6.42 Å². The summed E-state index contributed by atoms with van der Waals surface area (Å²) in [4.78, 5) is 28.3. The summed E-state index contributed by atoms with van der Waals surface area (Å²) in [5.74, 6) is 3.48. The number of hydrogen-bond donors (Lipinski definition) is 1. The van der Waals surface area contributed by atoms with Gasteiger partial charge in [0.25, 0.3) is 0 Å². The van der Waals surface area contributed by atoms with E-state index in [9.17, 15) is 9.59 Å². The standard InChI is InChI=1S/C24H30N2O2/c27-22-20-5-2-1-4-17(20)13-24(22)6-3-7-26(14-24)23(28)25-21-18-9-15-8-16(11-18)12-19(21)10-15/h1-2,4-5,15-16,18-19,21H,3,6-14H2,(H,25,28). The second-order valence-corrected chi connectivity index (χ2v) is 10.4. The maximum Gasteiger partial charge on any atom is 0.317 e. The zero-order chi connectivity index (χ0) is 18.9. The monoisotopic (exact) mass is 378 g/mol. The van der Waals surface area contributed by atoms with Gasteiger partial charge in [0.1, 0.15) is 0 Å². The van der Waals surface area contributed by atoms with Crippen molar-refractivity contribution >= 4 is 11.8 Å². The van der Waals surface area contributed by atoms with Gasteiger partial charge < -0.3 is 10.2 Å². The van der Waals surface area contributed by atoms with Gasteiger partial charge >= 0.3 is 6.03 Å². The average molecular weight is 379 g/mol. The molecule has 0 radical (unpaired) electrons. The van der Waals surface area contributed by atoms with E-state index in [0.29, 0.717) is 24.4 Å². The van der Waals surface area contributed by atoms with Crippen molar-refractivity contribution in [3.05, 3.63) is 35.4 Å². The van der Waals surface area contributed by atoms with Crippen LogP contribution in [0.5, 0.6) is 0 Å². The summed E-state index contributed by atoms with van der Waals surface area (Å²) in [6.45, 7) is 1.37. The summed E-state index contributed by atoms with van der Waals surface area (Å²) in [7, 11) is 0. The molecule has 1 aromatic carbocycles. The van der Waals surface area contributed by atoms with Crippen LogP contribution in [0.4, 0.5) is 4.79 Å². The fourth-order valence-corrected chi connectivity index (χ4v) is 7.66. The van der Waals surface area contributed by atoms with E-state index in [1.807, 2.05) is 23.1 Å². The third-order valence-electron chi connectivity index (χ3n) is 8.65. The molecule has 1 atom stereocenters. The van der Waals surface area contributed by atoms with Crippen LogP contribution < -0.4 is 5.32 Å². The van der Waals surface area contributed by atoms with Crippen LogP contribution in [0.25, 0.3) is 0 Å². The van der Waals surface area contributed by atoms with Crippen LogP contribution in [0.3, 0.4) is 0 Å². The highest BCUT2D eigenvalue weighted by Gasteiger charge is 2.51. The van der Waals surface area contributed by atoms with Gasteiger partial charge in [-0.1, -0.05) is 24.3 Å². The Kier molecular flexibility index (Phi) is 3.70. The summed E-state index contributed by atoms with van der Waals surface area (Å²) in [5, 5.41) is 3.45. The van der Waals surface area contributed by atoms with Crippen molar-refractivity contribution in [2.45, 2.75) is 57.4 Å². The fraction of sp³-hybridized carbons (Fsp3) is 0.667. The number of urea groups is 1. The zero-order valence-electron chi connectivity index (χ0n) is 16.5. The predicted molar refractivity (Wildman–Crippen MR) is 107 cm³/mol. The number of benzene rings is 1. The first kappa shape index (κ1) is 17.1. The minimum atomic E-state index is -0.386. The first-order valence-electron chi connectivity index (χ1n) is 11.3. The quantitative estimate of drug-likeness (QED) is 0.802. The van der Waals surface area contributed by atoms with Gasteiger partial charge in [-0.3, -0.25) is 4.79 Å². The van der Waals surface area contributed by atoms with Gasteiger partial charge in [0.15, 0.2) is 5.78 Å². The summed E-state index contributed by atoms with van der Waals surface area (Å²) in [6.07, 6.45) is 9.32. The van der Waals surface area contributed by atoms with Gasteiger partial charge in [-0.25, -0.2) is 4.79 Å². The molecule has 1 unspecified atom stereocenters. The molecule has 4 bridgehead atoms. The second-order valence-electron chi connectivity index (χ2n) is 10.4. The predicted octanol–water partition coefficient (Wildman–Crippen LogP) is 4.04. The number of rotatable bonds is 1. The lowest BCUT2D eigenvalue weighted by Crippen LogP contribution is -2.60. The molecule has 28 heavy (non-hydrogen) atoms. The Morgan fingerprint density at radius 2 is 1.75 bits per heavy atom. The van der Waals surface area contributed by atoms with Crippen LogP contribution in [-0.4, -0.2) is 35.8 Å². The maximum absolute atomic E-state index is 13.2. The van der Waals surface area contributed by atoms with Gasteiger partial charge in [-0.2, -0.15) is 0 Å². The van der Waals surface area contributed by atoms with Crippen molar-refractivity contribution in [2.24, 2.45) is 29.1 Å². The molecule has 1 aromatic rings. The maximum atomic E-state index is 13.2. The first-order chi connectivity index (χ1) is 13.6. The molecule has 5 fully saturated rings. The van der Waals surface area contributed by atoms with Crippen LogP contribution in [0.15, 0.2) is 24.3 Å². The summed E-state index contributed by atoms with van der Waals surface area (Å²) in [6, 6.07) is 8.46. The highest BCUT2D eigenvalue weighted by Crippen LogP contribution is 2.53. The number of amides is 2. The molecule has 4 saturated carbocycles. The van der Waals surface area contributed by atoms with Crippen LogP contribution in [0, 0.1) is 29.1 Å². The number of ketones is 1. The molecule has 4 nitrogen and oxygen atoms in total. The molecule has 5 aliphatic carbocycles. The lowest BCUT2D eigenvalue weighted by molar-refractivity contribution is -0.0120. The lowest BCUT2D eigenvalue weighted by Gasteiger charge is -2.54. The summed E-state index contributed by atoms with van der Waals surface area (Å²) < 4.78 is 0. The number of likely N-dealkylation sites (tertiary alicyclic amines) is 1. The Labute approximate surface area is 167 Å². The van der Waals surface area contributed by atoms with Crippen molar-refractivity contribution in [1.29, 1.82) is 0 Å². The highest BCUT2D eigenvalue weighted by molar-refractivity contribution is 6.05. The van der Waals surface area contributed by atoms with Gasteiger partial charge in [0.05, 0.1) is 5.41 Å². The van der Waals surface area contributed by atoms with E-state index in [-0.39, 0.29) is 17.2 Å². The van der Waals surface area contributed by atoms with E-state index < -0.39 is 0 Å². The molecule has 6 aliphatic rings. The SMILES string of the molecule is O=C(NC1C2CC3CC(C2)CC1C3)N1CCCC2(Cc3ccccc3C2=O)C1. The largest absolute Gasteiger partial charge is 0.335 e. The number of Topliss-reactive ketones (excluding diaryl/α,β-unsaturated/α-hetero) is 1. The number of carbonyl (C=O) groups is 2. The molecular formula is C24H30N2O2. The fourth-order valence-electron chi connectivity index (χ4n) is 7.66. The lowest BCUT2D eigenvalue weighted by atomic mass is 9.54. The number of hydrogen-bond acceptors (Lipinski definition) is 2. The van der Waals surface area contributed by atoms with E-state index in [4.69, 9.17) is 0 Å². The van der Waals surface area contributed by atoms with Crippen LogP contribution in [0.1, 0.15) is 60.9 Å².